The molecule has 20 heavy (non-hydrogen) atoms. The summed E-state index contributed by atoms with van der Waals surface area (Å²) in [6, 6.07) is 6.01. The summed E-state index contributed by atoms with van der Waals surface area (Å²) in [5.41, 5.74) is 2.05. The maximum atomic E-state index is 12.8. The van der Waals surface area contributed by atoms with Crippen LogP contribution in [0.5, 0.6) is 5.75 Å². The maximum absolute atomic E-state index is 12.8. The molecule has 0 aromatic heterocycles. The molecule has 2 aliphatic heterocycles. The van der Waals surface area contributed by atoms with Gasteiger partial charge in [0.1, 0.15) is 5.75 Å². The first-order chi connectivity index (χ1) is 9.79. The molecular formula is C17H23NO2. The highest BCUT2D eigenvalue weighted by Crippen LogP contribution is 2.27. The number of fused-ring (bicyclic) bond motifs is 1. The molecule has 0 amide bonds. The standard InChI is InChI=1S/C17H23NO2/c1-2-5-15(18-9-3-4-10-18)17(19)14-6-7-16-13(12-14)8-11-20-16/h6-7,12,15H,2-5,8-11H2,1H3/t15-/m1/s1. The van der Waals surface area contributed by atoms with Crippen molar-refractivity contribution < 1.29 is 9.53 Å². The van der Waals surface area contributed by atoms with Crippen molar-refractivity contribution in [1.29, 1.82) is 0 Å². The third kappa shape index (κ3) is 2.59. The van der Waals surface area contributed by atoms with Crippen LogP contribution in [0.15, 0.2) is 18.2 Å². The van der Waals surface area contributed by atoms with E-state index in [9.17, 15) is 4.79 Å². The van der Waals surface area contributed by atoms with Gasteiger partial charge >= 0.3 is 0 Å². The summed E-state index contributed by atoms with van der Waals surface area (Å²) < 4.78 is 5.52. The fraction of sp³-hybridized carbons (Fsp3) is 0.588. The van der Waals surface area contributed by atoms with Crippen molar-refractivity contribution >= 4 is 5.78 Å². The number of carbonyl (C=O) groups is 1. The van der Waals surface area contributed by atoms with E-state index in [1.54, 1.807) is 0 Å². The van der Waals surface area contributed by atoms with Crippen LogP contribution in [0.3, 0.4) is 0 Å². The van der Waals surface area contributed by atoms with Gasteiger partial charge in [-0.1, -0.05) is 13.3 Å². The third-order valence-electron chi connectivity index (χ3n) is 4.42. The Labute approximate surface area is 120 Å². The van der Waals surface area contributed by atoms with Crippen molar-refractivity contribution in [3.8, 4) is 5.75 Å². The van der Waals surface area contributed by atoms with E-state index in [4.69, 9.17) is 4.74 Å². The van der Waals surface area contributed by atoms with Crippen LogP contribution in [0.25, 0.3) is 0 Å². The van der Waals surface area contributed by atoms with Gasteiger partial charge in [-0.2, -0.15) is 0 Å². The van der Waals surface area contributed by atoms with E-state index in [1.807, 2.05) is 18.2 Å². The van der Waals surface area contributed by atoms with Gasteiger partial charge < -0.3 is 4.74 Å². The highest BCUT2D eigenvalue weighted by molar-refractivity contribution is 6.00. The molecule has 1 aromatic carbocycles. The topological polar surface area (TPSA) is 29.5 Å². The van der Waals surface area contributed by atoms with Crippen LogP contribution in [0.4, 0.5) is 0 Å². The van der Waals surface area contributed by atoms with Crippen LogP contribution in [0.1, 0.15) is 48.5 Å². The molecule has 0 saturated carbocycles. The summed E-state index contributed by atoms with van der Waals surface area (Å²) in [6.45, 7) is 5.05. The predicted molar refractivity (Wildman–Crippen MR) is 79.5 cm³/mol. The first-order valence-electron chi connectivity index (χ1n) is 7.83. The molecule has 1 fully saturated rings. The smallest absolute Gasteiger partial charge is 0.179 e. The molecular weight excluding hydrogens is 250 g/mol. The normalized spacial score (nSPS) is 19.6. The summed E-state index contributed by atoms with van der Waals surface area (Å²) in [7, 11) is 0. The Bertz CT molecular complexity index is 492. The molecule has 3 nitrogen and oxygen atoms in total. The van der Waals surface area contributed by atoms with Crippen molar-refractivity contribution in [3.05, 3.63) is 29.3 Å². The molecule has 3 rings (SSSR count). The number of carbonyl (C=O) groups excluding carboxylic acids is 1. The molecule has 108 valence electrons. The summed E-state index contributed by atoms with van der Waals surface area (Å²) in [5.74, 6) is 1.25. The Morgan fingerprint density at radius 3 is 2.90 bits per heavy atom. The Hall–Kier alpha value is -1.35. The van der Waals surface area contributed by atoms with Gasteiger partial charge in [0.15, 0.2) is 5.78 Å². The number of nitrogens with zero attached hydrogens (tertiary/aromatic N) is 1. The van der Waals surface area contributed by atoms with E-state index in [1.165, 1.54) is 18.4 Å². The second-order valence-corrected chi connectivity index (χ2v) is 5.83. The SMILES string of the molecule is CCC[C@H](C(=O)c1ccc2c(c1)CCO2)N1CCCC1. The quantitative estimate of drug-likeness (QED) is 0.772. The van der Waals surface area contributed by atoms with Gasteiger partial charge in [-0.25, -0.2) is 0 Å². The maximum Gasteiger partial charge on any atom is 0.179 e. The van der Waals surface area contributed by atoms with Crippen molar-refractivity contribution in [1.82, 2.24) is 4.90 Å². The van der Waals surface area contributed by atoms with Crippen LogP contribution in [-0.4, -0.2) is 36.4 Å². The van der Waals surface area contributed by atoms with Gasteiger partial charge in [0.25, 0.3) is 0 Å². The number of hydrogen-bond acceptors (Lipinski definition) is 3. The lowest BCUT2D eigenvalue weighted by atomic mass is 9.97. The van der Waals surface area contributed by atoms with E-state index in [0.717, 1.165) is 50.3 Å². The molecule has 0 radical (unpaired) electrons. The summed E-state index contributed by atoms with van der Waals surface area (Å²) in [6.07, 6.45) is 5.41. The van der Waals surface area contributed by atoms with E-state index in [2.05, 4.69) is 11.8 Å². The first-order valence-corrected chi connectivity index (χ1v) is 7.83. The number of benzene rings is 1. The molecule has 0 aliphatic carbocycles. The highest BCUT2D eigenvalue weighted by atomic mass is 16.5. The zero-order valence-corrected chi connectivity index (χ0v) is 12.2. The molecule has 1 aromatic rings. The number of hydrogen-bond donors (Lipinski definition) is 0. The average molecular weight is 273 g/mol. The van der Waals surface area contributed by atoms with Gasteiger partial charge in [0.05, 0.1) is 12.6 Å². The Morgan fingerprint density at radius 1 is 1.35 bits per heavy atom. The third-order valence-corrected chi connectivity index (χ3v) is 4.42. The van der Waals surface area contributed by atoms with Gasteiger partial charge in [-0.15, -0.1) is 0 Å². The largest absolute Gasteiger partial charge is 0.493 e. The van der Waals surface area contributed by atoms with E-state index in [-0.39, 0.29) is 6.04 Å². The van der Waals surface area contributed by atoms with Crippen molar-refractivity contribution in [3.63, 3.8) is 0 Å². The van der Waals surface area contributed by atoms with Crippen LogP contribution in [0, 0.1) is 0 Å². The molecule has 0 N–H and O–H groups in total. The Kier molecular flexibility index (Phi) is 4.06. The monoisotopic (exact) mass is 273 g/mol. The van der Waals surface area contributed by atoms with Gasteiger partial charge in [0, 0.05) is 12.0 Å². The lowest BCUT2D eigenvalue weighted by molar-refractivity contribution is 0.0837. The second-order valence-electron chi connectivity index (χ2n) is 5.83. The number of ether oxygens (including phenoxy) is 1. The average Bonchev–Trinajstić information content (AvgIpc) is 3.13. The Balaban J connectivity index is 1.81. The molecule has 1 atom stereocenters. The van der Waals surface area contributed by atoms with Crippen LogP contribution in [-0.2, 0) is 6.42 Å². The fourth-order valence-corrected chi connectivity index (χ4v) is 3.34. The van der Waals surface area contributed by atoms with Gasteiger partial charge in [-0.3, -0.25) is 9.69 Å². The lowest BCUT2D eigenvalue weighted by Gasteiger charge is -2.26. The van der Waals surface area contributed by atoms with Gasteiger partial charge in [-0.05, 0) is 56.1 Å². The van der Waals surface area contributed by atoms with Crippen LogP contribution >= 0.6 is 0 Å². The first kappa shape index (κ1) is 13.6. The summed E-state index contributed by atoms with van der Waals surface area (Å²) in [4.78, 5) is 15.2. The molecule has 2 aliphatic rings. The minimum atomic E-state index is 0.0721. The van der Waals surface area contributed by atoms with Crippen molar-refractivity contribution in [2.75, 3.05) is 19.7 Å². The molecule has 0 unspecified atom stereocenters. The molecule has 2 heterocycles. The van der Waals surface area contributed by atoms with Crippen molar-refractivity contribution in [2.45, 2.75) is 45.1 Å². The minimum Gasteiger partial charge on any atom is -0.493 e. The molecule has 0 spiro atoms. The highest BCUT2D eigenvalue weighted by Gasteiger charge is 2.28. The zero-order chi connectivity index (χ0) is 13.9. The van der Waals surface area contributed by atoms with E-state index in [0.29, 0.717) is 5.78 Å². The van der Waals surface area contributed by atoms with Gasteiger partial charge in [0.2, 0.25) is 0 Å². The zero-order valence-electron chi connectivity index (χ0n) is 12.2. The number of Topliss-reactive ketones (excluding diaryl/α,β-unsaturated/α-hetero) is 1. The summed E-state index contributed by atoms with van der Waals surface area (Å²) >= 11 is 0. The van der Waals surface area contributed by atoms with Crippen LogP contribution in [0.2, 0.25) is 0 Å². The predicted octanol–water partition coefficient (Wildman–Crippen LogP) is 3.07. The molecule has 3 heteroatoms. The summed E-state index contributed by atoms with van der Waals surface area (Å²) in [5, 5.41) is 0. The Morgan fingerprint density at radius 2 is 2.15 bits per heavy atom. The fourth-order valence-electron chi connectivity index (χ4n) is 3.34. The number of rotatable bonds is 5. The van der Waals surface area contributed by atoms with Crippen molar-refractivity contribution in [2.24, 2.45) is 0 Å². The van der Waals surface area contributed by atoms with Crippen LogP contribution < -0.4 is 4.74 Å². The van der Waals surface area contributed by atoms with E-state index >= 15 is 0 Å². The van der Waals surface area contributed by atoms with E-state index < -0.39 is 0 Å². The minimum absolute atomic E-state index is 0.0721. The molecule has 1 saturated heterocycles. The number of ketones is 1. The molecule has 0 bridgehead atoms. The second kappa shape index (κ2) is 5.96. The number of likely N-dealkylation sites (tertiary alicyclic amines) is 1. The lowest BCUT2D eigenvalue weighted by Crippen LogP contribution is -2.39.